The summed E-state index contributed by atoms with van der Waals surface area (Å²) in [5, 5.41) is 9.02. The van der Waals surface area contributed by atoms with E-state index in [0.717, 1.165) is 5.69 Å². The summed E-state index contributed by atoms with van der Waals surface area (Å²) in [5.74, 6) is 0.945. The van der Waals surface area contributed by atoms with Crippen LogP contribution in [0.15, 0.2) is 6.07 Å². The van der Waals surface area contributed by atoms with Gasteiger partial charge in [0.1, 0.15) is 17.0 Å². The molecule has 0 saturated heterocycles. The van der Waals surface area contributed by atoms with E-state index in [2.05, 4.69) is 9.97 Å². The van der Waals surface area contributed by atoms with Gasteiger partial charge in [-0.2, -0.15) is 11.8 Å². The Morgan fingerprint density at radius 1 is 1.65 bits per heavy atom. The Bertz CT molecular complexity index is 383. The molecule has 3 N–H and O–H groups in total. The van der Waals surface area contributed by atoms with Crippen LogP contribution >= 0.6 is 23.4 Å². The lowest BCUT2D eigenvalue weighted by molar-refractivity contribution is -0.138. The summed E-state index contributed by atoms with van der Waals surface area (Å²) in [5.41, 5.74) is 6.20. The molecule has 0 bridgehead atoms. The van der Waals surface area contributed by atoms with E-state index in [-0.39, 0.29) is 0 Å². The second kappa shape index (κ2) is 6.78. The summed E-state index contributed by atoms with van der Waals surface area (Å²) in [6, 6.07) is 0.889. The van der Waals surface area contributed by atoms with Crippen LogP contribution in [0.3, 0.4) is 0 Å². The molecular formula is C10H14ClN3O2S. The fourth-order valence-electron chi connectivity index (χ4n) is 1.15. The van der Waals surface area contributed by atoms with Gasteiger partial charge < -0.3 is 10.8 Å². The van der Waals surface area contributed by atoms with Crippen LogP contribution in [0.1, 0.15) is 17.9 Å². The zero-order valence-electron chi connectivity index (χ0n) is 9.39. The number of thioether (sulfide) groups is 1. The standard InChI is InChI=1S/C10H14ClN3O2S/c1-6-4-8(11)14-9(13-6)5-17-3-2-7(12)10(15)16/h4,7H,2-3,5,12H2,1H3,(H,15,16). The number of nitrogens with two attached hydrogens (primary N) is 1. The van der Waals surface area contributed by atoms with Crippen molar-refractivity contribution in [2.45, 2.75) is 25.1 Å². The van der Waals surface area contributed by atoms with Crippen molar-refractivity contribution in [3.63, 3.8) is 0 Å². The molecule has 0 radical (unpaired) electrons. The van der Waals surface area contributed by atoms with E-state index in [1.807, 2.05) is 6.92 Å². The van der Waals surface area contributed by atoms with Crippen molar-refractivity contribution in [1.29, 1.82) is 0 Å². The molecule has 0 aliphatic heterocycles. The topological polar surface area (TPSA) is 89.1 Å². The van der Waals surface area contributed by atoms with Gasteiger partial charge in [-0.3, -0.25) is 4.79 Å². The summed E-state index contributed by atoms with van der Waals surface area (Å²) in [6.45, 7) is 1.85. The Balaban J connectivity index is 2.33. The molecule has 1 aromatic rings. The number of hydrogen-bond donors (Lipinski definition) is 2. The number of carbonyl (C=O) groups is 1. The van der Waals surface area contributed by atoms with Crippen LogP contribution in [0.4, 0.5) is 0 Å². The van der Waals surface area contributed by atoms with Gasteiger partial charge in [-0.15, -0.1) is 0 Å². The fraction of sp³-hybridized carbons (Fsp3) is 0.500. The van der Waals surface area contributed by atoms with Gasteiger partial charge in [0.15, 0.2) is 0 Å². The normalized spacial score (nSPS) is 12.4. The zero-order chi connectivity index (χ0) is 12.8. The second-order valence-corrected chi connectivity index (χ2v) is 5.03. The molecule has 0 saturated carbocycles. The van der Waals surface area contributed by atoms with Crippen LogP contribution < -0.4 is 5.73 Å². The molecule has 1 rings (SSSR count). The maximum atomic E-state index is 10.5. The number of carboxylic acid groups (broad SMARTS) is 1. The third-order valence-electron chi connectivity index (χ3n) is 1.99. The number of carboxylic acids is 1. The predicted octanol–water partition coefficient (Wildman–Crippen LogP) is 1.47. The van der Waals surface area contributed by atoms with E-state index in [4.69, 9.17) is 22.4 Å². The first kappa shape index (κ1) is 14.2. The minimum atomic E-state index is -0.972. The van der Waals surface area contributed by atoms with Gasteiger partial charge in [-0.1, -0.05) is 11.6 Å². The van der Waals surface area contributed by atoms with Crippen LogP contribution in [0.25, 0.3) is 0 Å². The Morgan fingerprint density at radius 3 is 2.94 bits per heavy atom. The minimum Gasteiger partial charge on any atom is -0.480 e. The summed E-state index contributed by atoms with van der Waals surface area (Å²) in [4.78, 5) is 18.8. The molecule has 0 spiro atoms. The molecule has 17 heavy (non-hydrogen) atoms. The summed E-state index contributed by atoms with van der Waals surface area (Å²) in [7, 11) is 0. The number of nitrogens with zero attached hydrogens (tertiary/aromatic N) is 2. The van der Waals surface area contributed by atoms with Crippen molar-refractivity contribution >= 4 is 29.3 Å². The van der Waals surface area contributed by atoms with Crippen LogP contribution in [0, 0.1) is 6.92 Å². The third-order valence-corrected chi connectivity index (χ3v) is 3.17. The highest BCUT2D eigenvalue weighted by molar-refractivity contribution is 7.98. The first-order valence-corrected chi connectivity index (χ1v) is 6.58. The van der Waals surface area contributed by atoms with E-state index < -0.39 is 12.0 Å². The lowest BCUT2D eigenvalue weighted by atomic mass is 10.2. The lowest BCUT2D eigenvalue weighted by Crippen LogP contribution is -2.30. The van der Waals surface area contributed by atoms with E-state index in [9.17, 15) is 4.79 Å². The van der Waals surface area contributed by atoms with Gasteiger partial charge in [-0.05, 0) is 25.2 Å². The molecule has 94 valence electrons. The van der Waals surface area contributed by atoms with Crippen molar-refractivity contribution in [1.82, 2.24) is 9.97 Å². The highest BCUT2D eigenvalue weighted by atomic mass is 35.5. The second-order valence-electron chi connectivity index (χ2n) is 3.53. The number of aromatic nitrogens is 2. The quantitative estimate of drug-likeness (QED) is 0.604. The summed E-state index contributed by atoms with van der Waals surface area (Å²) < 4.78 is 0. The SMILES string of the molecule is Cc1cc(Cl)nc(CSCCC(N)C(=O)O)n1. The Labute approximate surface area is 109 Å². The zero-order valence-corrected chi connectivity index (χ0v) is 11.0. The lowest BCUT2D eigenvalue weighted by Gasteiger charge is -2.05. The molecule has 5 nitrogen and oxygen atoms in total. The van der Waals surface area contributed by atoms with E-state index >= 15 is 0 Å². The highest BCUT2D eigenvalue weighted by Gasteiger charge is 2.10. The van der Waals surface area contributed by atoms with Gasteiger partial charge in [0, 0.05) is 5.69 Å². The van der Waals surface area contributed by atoms with Crippen molar-refractivity contribution in [2.75, 3.05) is 5.75 Å². The predicted molar refractivity (Wildman–Crippen MR) is 68.2 cm³/mol. The van der Waals surface area contributed by atoms with Crippen LogP contribution in [0.2, 0.25) is 5.15 Å². The number of rotatable bonds is 6. The summed E-state index contributed by atoms with van der Waals surface area (Å²) >= 11 is 7.34. The van der Waals surface area contributed by atoms with Crippen molar-refractivity contribution < 1.29 is 9.90 Å². The van der Waals surface area contributed by atoms with Gasteiger partial charge in [0.25, 0.3) is 0 Å². The molecule has 0 amide bonds. The minimum absolute atomic E-state index is 0.426. The first-order valence-electron chi connectivity index (χ1n) is 5.05. The Hall–Kier alpha value is -0.850. The molecule has 1 aromatic heterocycles. The van der Waals surface area contributed by atoms with Gasteiger partial charge in [0.05, 0.1) is 5.75 Å². The Morgan fingerprint density at radius 2 is 2.35 bits per heavy atom. The van der Waals surface area contributed by atoms with E-state index in [1.165, 1.54) is 0 Å². The highest BCUT2D eigenvalue weighted by Crippen LogP contribution is 2.13. The first-order chi connectivity index (χ1) is 7.99. The van der Waals surface area contributed by atoms with Crippen LogP contribution in [-0.2, 0) is 10.5 Å². The van der Waals surface area contributed by atoms with Crippen LogP contribution in [-0.4, -0.2) is 32.8 Å². The molecule has 0 aliphatic carbocycles. The monoisotopic (exact) mass is 275 g/mol. The molecular weight excluding hydrogens is 262 g/mol. The molecule has 1 heterocycles. The van der Waals surface area contributed by atoms with Crippen LogP contribution in [0.5, 0.6) is 0 Å². The Kier molecular flexibility index (Phi) is 5.67. The third kappa shape index (κ3) is 5.34. The van der Waals surface area contributed by atoms with Crippen molar-refractivity contribution in [3.8, 4) is 0 Å². The number of halogens is 1. The number of aliphatic carboxylic acids is 1. The molecule has 1 unspecified atom stereocenters. The van der Waals surface area contributed by atoms with Gasteiger partial charge in [0.2, 0.25) is 0 Å². The van der Waals surface area contributed by atoms with Gasteiger partial charge in [-0.25, -0.2) is 9.97 Å². The van der Waals surface area contributed by atoms with Crippen molar-refractivity contribution in [2.24, 2.45) is 5.73 Å². The smallest absolute Gasteiger partial charge is 0.320 e. The summed E-state index contributed by atoms with van der Waals surface area (Å²) in [6.07, 6.45) is 0.430. The molecule has 0 aromatic carbocycles. The molecule has 1 atom stereocenters. The largest absolute Gasteiger partial charge is 0.480 e. The maximum absolute atomic E-state index is 10.5. The van der Waals surface area contributed by atoms with E-state index in [0.29, 0.717) is 28.9 Å². The average molecular weight is 276 g/mol. The average Bonchev–Trinajstić information content (AvgIpc) is 2.22. The molecule has 0 aliphatic rings. The molecule has 0 fully saturated rings. The number of hydrogen-bond acceptors (Lipinski definition) is 5. The van der Waals surface area contributed by atoms with Gasteiger partial charge >= 0.3 is 5.97 Å². The molecule has 7 heteroatoms. The fourth-order valence-corrected chi connectivity index (χ4v) is 2.28. The number of aryl methyl sites for hydroxylation is 1. The van der Waals surface area contributed by atoms with Crippen molar-refractivity contribution in [3.05, 3.63) is 22.7 Å². The van der Waals surface area contributed by atoms with E-state index in [1.54, 1.807) is 17.8 Å². The maximum Gasteiger partial charge on any atom is 0.320 e.